The maximum Gasteiger partial charge on any atom is 0.366 e. The predicted molar refractivity (Wildman–Crippen MR) is 89.9 cm³/mol. The number of aliphatic hydroxyl groups excluding tert-OH is 4. The summed E-state index contributed by atoms with van der Waals surface area (Å²) in [4.78, 5) is 21.6. The number of halogens is 1. The van der Waals surface area contributed by atoms with E-state index in [2.05, 4.69) is 0 Å². The lowest BCUT2D eigenvalue weighted by Gasteiger charge is -2.51. The molecule has 11 heteroatoms. The molecule has 0 spiro atoms. The third kappa shape index (κ3) is 3.35. The zero-order valence-electron chi connectivity index (χ0n) is 13.8. The third-order valence-corrected chi connectivity index (χ3v) is 5.18. The van der Waals surface area contributed by atoms with Gasteiger partial charge < -0.3 is 41.1 Å². The molecule has 2 unspecified atom stereocenters. The van der Waals surface area contributed by atoms with Gasteiger partial charge in [0.15, 0.2) is 10.7 Å². The van der Waals surface area contributed by atoms with Crippen LogP contribution >= 0.6 is 11.6 Å². The number of aliphatic carboxylic acids is 1. The van der Waals surface area contributed by atoms with Gasteiger partial charge in [0.05, 0.1) is 12.6 Å². The van der Waals surface area contributed by atoms with Crippen LogP contribution in [0.1, 0.15) is 10.4 Å². The number of nitrogens with two attached hydrogens (primary N) is 1. The van der Waals surface area contributed by atoms with Crippen molar-refractivity contribution in [3.63, 3.8) is 0 Å². The number of carbonyl (C=O) groups is 2. The Morgan fingerprint density at radius 2 is 1.81 bits per heavy atom. The Morgan fingerprint density at radius 3 is 2.30 bits per heavy atom. The van der Waals surface area contributed by atoms with Gasteiger partial charge in [-0.05, 0) is 0 Å². The van der Waals surface area contributed by atoms with Crippen molar-refractivity contribution in [1.82, 2.24) is 0 Å². The number of ether oxygens (including phenoxy) is 1. The molecule has 1 heterocycles. The molecule has 1 aliphatic heterocycles. The van der Waals surface area contributed by atoms with Crippen LogP contribution in [0, 0.1) is 0 Å². The molecule has 10 nitrogen and oxygen atoms in total. The van der Waals surface area contributed by atoms with E-state index < -0.39 is 59.5 Å². The van der Waals surface area contributed by atoms with Crippen LogP contribution in [-0.2, 0) is 9.53 Å². The van der Waals surface area contributed by atoms with Crippen LogP contribution in [-0.4, -0.2) is 90.1 Å². The number of hydrogen-bond donors (Lipinski definition) is 7. The summed E-state index contributed by atoms with van der Waals surface area (Å²) in [5.74, 6) is -6.80. The molecule has 0 saturated carbocycles. The summed E-state index contributed by atoms with van der Waals surface area (Å²) < 4.78 is 4.96. The minimum absolute atomic E-state index is 0.128. The molecule has 0 radical (unpaired) electrons. The molecule has 1 saturated heterocycles. The molecule has 7 atom stereocenters. The first-order valence-corrected chi connectivity index (χ1v) is 8.23. The molecule has 1 fully saturated rings. The molecular formula is C16H20ClNO9. The summed E-state index contributed by atoms with van der Waals surface area (Å²) in [6, 6.07) is 5.35. The largest absolute Gasteiger partial charge is 0.477 e. The normalized spacial score (nSPS) is 36.0. The van der Waals surface area contributed by atoms with Crippen molar-refractivity contribution in [2.75, 3.05) is 6.61 Å². The number of aliphatic hydroxyl groups is 5. The van der Waals surface area contributed by atoms with Crippen molar-refractivity contribution in [2.45, 2.75) is 41.1 Å². The van der Waals surface area contributed by atoms with E-state index in [-0.39, 0.29) is 5.56 Å². The Bertz CT molecular complexity index is 704. The number of carbonyl (C=O) groups excluding carboxylic acids is 1. The van der Waals surface area contributed by atoms with Crippen molar-refractivity contribution in [1.29, 1.82) is 0 Å². The second-order valence-electron chi connectivity index (χ2n) is 6.20. The fourth-order valence-corrected chi connectivity index (χ4v) is 3.30. The average Bonchev–Trinajstić information content (AvgIpc) is 2.67. The number of carboxylic acids is 1. The van der Waals surface area contributed by atoms with Gasteiger partial charge in [0, 0.05) is 5.56 Å². The zero-order valence-corrected chi connectivity index (χ0v) is 14.6. The number of alkyl halides is 1. The highest BCUT2D eigenvalue weighted by Gasteiger charge is 2.71. The number of benzene rings is 1. The Hall–Kier alpha value is -1.63. The first kappa shape index (κ1) is 21.7. The molecule has 1 aromatic carbocycles. The number of ketones is 1. The number of rotatable bonds is 6. The number of carboxylic acid groups (broad SMARTS) is 1. The smallest absolute Gasteiger partial charge is 0.366 e. The standard InChI is InChI=1S/C16H20ClNO9/c17-15(12(22)7-4-2-1-3-5-7)13(23)9(18)11(10(21)8(20)6-19)27-16(15,26)14(24)25/h1-5,8-11,13,19-21,23,26H,6,18H2,(H,24,25)/t8-,9+,10-,11-,13-,15?,16?/m1/s1. The van der Waals surface area contributed by atoms with Gasteiger partial charge in [0.2, 0.25) is 0 Å². The molecule has 0 amide bonds. The highest BCUT2D eigenvalue weighted by Crippen LogP contribution is 2.44. The third-order valence-electron chi connectivity index (χ3n) is 4.53. The highest BCUT2D eigenvalue weighted by atomic mass is 35.5. The number of hydrogen-bond acceptors (Lipinski definition) is 9. The minimum atomic E-state index is -3.50. The van der Waals surface area contributed by atoms with Crippen LogP contribution in [0.25, 0.3) is 0 Å². The Kier molecular flexibility index (Phi) is 6.24. The van der Waals surface area contributed by atoms with Crippen molar-refractivity contribution < 1.29 is 45.0 Å². The van der Waals surface area contributed by atoms with Crippen molar-refractivity contribution in [3.8, 4) is 0 Å². The van der Waals surface area contributed by atoms with Crippen molar-refractivity contribution in [2.24, 2.45) is 5.73 Å². The van der Waals surface area contributed by atoms with E-state index >= 15 is 0 Å². The first-order valence-electron chi connectivity index (χ1n) is 7.85. The summed E-state index contributed by atoms with van der Waals surface area (Å²) in [6.45, 7) is -0.940. The van der Waals surface area contributed by atoms with Crippen molar-refractivity contribution in [3.05, 3.63) is 35.9 Å². The number of Topliss-reactive ketones (excluding diaryl/α,β-unsaturated/α-hetero) is 1. The maximum atomic E-state index is 12.9. The van der Waals surface area contributed by atoms with E-state index in [4.69, 9.17) is 27.2 Å². The van der Waals surface area contributed by atoms with Crippen LogP contribution in [0.3, 0.4) is 0 Å². The molecule has 27 heavy (non-hydrogen) atoms. The summed E-state index contributed by atoms with van der Waals surface area (Å²) in [5.41, 5.74) is 5.63. The van der Waals surface area contributed by atoms with Gasteiger partial charge in [-0.2, -0.15) is 0 Å². The molecule has 2 rings (SSSR count). The van der Waals surface area contributed by atoms with E-state index in [9.17, 15) is 35.1 Å². The van der Waals surface area contributed by atoms with Crippen LogP contribution in [0.2, 0.25) is 0 Å². The van der Waals surface area contributed by atoms with Gasteiger partial charge in [-0.25, -0.2) is 4.79 Å². The lowest BCUT2D eigenvalue weighted by atomic mass is 9.76. The molecule has 8 N–H and O–H groups in total. The topological polar surface area (TPSA) is 191 Å². The average molecular weight is 406 g/mol. The summed E-state index contributed by atoms with van der Waals surface area (Å²) in [7, 11) is 0. The van der Waals surface area contributed by atoms with E-state index in [1.807, 2.05) is 0 Å². The zero-order chi connectivity index (χ0) is 20.6. The van der Waals surface area contributed by atoms with Gasteiger partial charge in [-0.1, -0.05) is 30.3 Å². The minimum Gasteiger partial charge on any atom is -0.477 e. The molecule has 1 aromatic rings. The van der Waals surface area contributed by atoms with Gasteiger partial charge in [-0.3, -0.25) is 4.79 Å². The van der Waals surface area contributed by atoms with Crippen LogP contribution in [0.15, 0.2) is 30.3 Å². The maximum absolute atomic E-state index is 12.9. The van der Waals surface area contributed by atoms with E-state index in [0.717, 1.165) is 0 Å². The fourth-order valence-electron chi connectivity index (χ4n) is 2.92. The molecule has 0 aromatic heterocycles. The molecule has 0 bridgehead atoms. The predicted octanol–water partition coefficient (Wildman–Crippen LogP) is -2.58. The van der Waals surface area contributed by atoms with Crippen LogP contribution < -0.4 is 5.73 Å². The van der Waals surface area contributed by atoms with Crippen LogP contribution in [0.5, 0.6) is 0 Å². The van der Waals surface area contributed by atoms with E-state index in [0.29, 0.717) is 0 Å². The molecule has 150 valence electrons. The second-order valence-corrected chi connectivity index (χ2v) is 6.80. The fraction of sp³-hybridized carbons (Fsp3) is 0.500. The highest BCUT2D eigenvalue weighted by molar-refractivity contribution is 6.41. The van der Waals surface area contributed by atoms with Crippen LogP contribution in [0.4, 0.5) is 0 Å². The lowest BCUT2D eigenvalue weighted by Crippen LogP contribution is -2.78. The van der Waals surface area contributed by atoms with Gasteiger partial charge in [-0.15, -0.1) is 11.6 Å². The Morgan fingerprint density at radius 1 is 1.26 bits per heavy atom. The summed E-state index contributed by atoms with van der Waals surface area (Å²) in [6.07, 6.45) is -7.87. The molecule has 1 aliphatic rings. The Labute approximate surface area is 158 Å². The SMILES string of the molecule is N[C@H]1[C@H]([C@H](O)[C@H](O)CO)OC(O)(C(=O)O)C(Cl)(C(=O)c2ccccc2)[C@@H]1O. The van der Waals surface area contributed by atoms with Gasteiger partial charge >= 0.3 is 5.97 Å². The monoisotopic (exact) mass is 405 g/mol. The Balaban J connectivity index is 2.55. The quantitative estimate of drug-likeness (QED) is 0.195. The summed E-state index contributed by atoms with van der Waals surface area (Å²) in [5, 5.41) is 59.2. The molecule has 0 aliphatic carbocycles. The second kappa shape index (κ2) is 7.78. The lowest BCUT2D eigenvalue weighted by molar-refractivity contribution is -0.301. The van der Waals surface area contributed by atoms with Crippen molar-refractivity contribution >= 4 is 23.4 Å². The molecular weight excluding hydrogens is 386 g/mol. The van der Waals surface area contributed by atoms with E-state index in [1.54, 1.807) is 6.07 Å². The van der Waals surface area contributed by atoms with E-state index in [1.165, 1.54) is 24.3 Å². The summed E-state index contributed by atoms with van der Waals surface area (Å²) >= 11 is 6.16. The van der Waals surface area contributed by atoms with Gasteiger partial charge in [0.1, 0.15) is 24.4 Å². The first-order chi connectivity index (χ1) is 12.5. The van der Waals surface area contributed by atoms with Gasteiger partial charge in [0.25, 0.3) is 5.79 Å².